The van der Waals surface area contributed by atoms with Gasteiger partial charge >= 0.3 is 19.5 Å². The van der Waals surface area contributed by atoms with Gasteiger partial charge < -0.3 is 25.0 Å². The third-order valence-corrected chi connectivity index (χ3v) is 6.13. The molecular weight excluding hydrogens is 313 g/mol. The molecule has 0 saturated heterocycles. The summed E-state index contributed by atoms with van der Waals surface area (Å²) in [7, 11) is -3.53. The van der Waals surface area contributed by atoms with Gasteiger partial charge in [0.05, 0.1) is 30.6 Å². The number of carbonyl (C=O) groups is 2. The van der Waals surface area contributed by atoms with Gasteiger partial charge in [-0.2, -0.15) is 0 Å². The number of rotatable bonds is 7. The Bertz CT molecular complexity index is 565. The number of hydrogen-bond donors (Lipinski definition) is 3. The lowest BCUT2D eigenvalue weighted by molar-refractivity contribution is -0.143. The standard InChI is InChI=1S/C13H20NO7P/c1-3-20-22(19,21-4-2)6-7-5-8(11(15)16)13(14)9(7)10(13)12(17)18/h6,8-10H,3-5,14H2,1-2H3,(H,15,16)(H,17,18). The van der Waals surface area contributed by atoms with Crippen LogP contribution in [-0.2, 0) is 23.2 Å². The Morgan fingerprint density at radius 1 is 1.32 bits per heavy atom. The van der Waals surface area contributed by atoms with Gasteiger partial charge in [0, 0.05) is 11.7 Å². The van der Waals surface area contributed by atoms with E-state index in [0.717, 1.165) is 0 Å². The van der Waals surface area contributed by atoms with E-state index in [0.29, 0.717) is 5.57 Å². The van der Waals surface area contributed by atoms with Crippen molar-refractivity contribution in [2.75, 3.05) is 13.2 Å². The zero-order valence-electron chi connectivity index (χ0n) is 12.4. The first-order chi connectivity index (χ1) is 10.2. The minimum Gasteiger partial charge on any atom is -0.481 e. The van der Waals surface area contributed by atoms with E-state index in [1.807, 2.05) is 0 Å². The molecule has 4 N–H and O–H groups in total. The topological polar surface area (TPSA) is 136 Å². The minimum atomic E-state index is -3.53. The van der Waals surface area contributed by atoms with E-state index in [2.05, 4.69) is 0 Å². The Kier molecular flexibility index (Phi) is 4.50. The zero-order valence-corrected chi connectivity index (χ0v) is 13.3. The zero-order chi connectivity index (χ0) is 16.7. The Hall–Kier alpha value is -1.21. The van der Waals surface area contributed by atoms with Crippen molar-refractivity contribution in [3.05, 3.63) is 11.4 Å². The van der Waals surface area contributed by atoms with Crippen LogP contribution in [0, 0.1) is 17.8 Å². The van der Waals surface area contributed by atoms with E-state index in [1.54, 1.807) is 13.8 Å². The van der Waals surface area contributed by atoms with Crippen molar-refractivity contribution in [1.82, 2.24) is 0 Å². The fraction of sp³-hybridized carbons (Fsp3) is 0.692. The summed E-state index contributed by atoms with van der Waals surface area (Å²) in [6.45, 7) is 3.63. The molecule has 0 heterocycles. The molecule has 0 spiro atoms. The maximum absolute atomic E-state index is 12.5. The summed E-state index contributed by atoms with van der Waals surface area (Å²) < 4.78 is 22.8. The van der Waals surface area contributed by atoms with E-state index in [4.69, 9.17) is 14.8 Å². The van der Waals surface area contributed by atoms with E-state index < -0.39 is 42.8 Å². The van der Waals surface area contributed by atoms with Crippen LogP contribution in [-0.4, -0.2) is 40.9 Å². The van der Waals surface area contributed by atoms with Crippen LogP contribution in [0.25, 0.3) is 0 Å². The highest BCUT2D eigenvalue weighted by Gasteiger charge is 2.76. The van der Waals surface area contributed by atoms with Crippen molar-refractivity contribution in [2.24, 2.45) is 23.5 Å². The van der Waals surface area contributed by atoms with Gasteiger partial charge in [0.1, 0.15) is 0 Å². The smallest absolute Gasteiger partial charge is 0.354 e. The van der Waals surface area contributed by atoms with E-state index >= 15 is 0 Å². The maximum atomic E-state index is 12.5. The average Bonchev–Trinajstić information content (AvgIpc) is 2.92. The first-order valence-corrected chi connectivity index (χ1v) is 8.67. The molecule has 0 aromatic carbocycles. The van der Waals surface area contributed by atoms with Crippen LogP contribution in [0.3, 0.4) is 0 Å². The number of fused-ring (bicyclic) bond motifs is 1. The molecular formula is C13H20NO7P. The quantitative estimate of drug-likeness (QED) is 0.592. The number of carboxylic acids is 2. The molecule has 0 bridgehead atoms. The second kappa shape index (κ2) is 5.77. The SMILES string of the molecule is CCOP(=O)(C=C1CC(C(=O)O)C2(N)C(C(=O)O)C12)OCC. The first-order valence-electron chi connectivity index (χ1n) is 7.06. The summed E-state index contributed by atoms with van der Waals surface area (Å²) in [5.74, 6) is -3.67. The fourth-order valence-electron chi connectivity index (χ4n) is 3.40. The molecule has 0 amide bonds. The Balaban J connectivity index is 2.36. The van der Waals surface area contributed by atoms with Crippen LogP contribution < -0.4 is 5.73 Å². The number of aliphatic carboxylic acids is 2. The molecule has 2 aliphatic carbocycles. The van der Waals surface area contributed by atoms with Crippen LogP contribution in [0.2, 0.25) is 0 Å². The monoisotopic (exact) mass is 333 g/mol. The van der Waals surface area contributed by atoms with Crippen molar-refractivity contribution in [3.8, 4) is 0 Å². The van der Waals surface area contributed by atoms with Crippen LogP contribution in [0.15, 0.2) is 11.4 Å². The Morgan fingerprint density at radius 2 is 1.86 bits per heavy atom. The molecule has 22 heavy (non-hydrogen) atoms. The van der Waals surface area contributed by atoms with E-state index in [9.17, 15) is 24.4 Å². The fourth-order valence-corrected chi connectivity index (χ4v) is 5.02. The third-order valence-electron chi connectivity index (χ3n) is 4.25. The van der Waals surface area contributed by atoms with Crippen LogP contribution >= 0.6 is 7.60 Å². The predicted octanol–water partition coefficient (Wildman–Crippen LogP) is 1.27. The second-order valence-electron chi connectivity index (χ2n) is 5.47. The van der Waals surface area contributed by atoms with Gasteiger partial charge in [-0.05, 0) is 20.3 Å². The highest BCUT2D eigenvalue weighted by Crippen LogP contribution is 2.67. The summed E-state index contributed by atoms with van der Waals surface area (Å²) in [4.78, 5) is 22.6. The van der Waals surface area contributed by atoms with E-state index in [1.165, 1.54) is 5.82 Å². The Labute approximate surface area is 127 Å². The van der Waals surface area contributed by atoms with Gasteiger partial charge in [-0.3, -0.25) is 14.2 Å². The number of nitrogens with two attached hydrogens (primary N) is 1. The van der Waals surface area contributed by atoms with Gasteiger partial charge in [0.25, 0.3) is 0 Å². The summed E-state index contributed by atoms with van der Waals surface area (Å²) in [5.41, 5.74) is 5.14. The largest absolute Gasteiger partial charge is 0.481 e. The molecule has 0 radical (unpaired) electrons. The van der Waals surface area contributed by atoms with Crippen LogP contribution in [0.1, 0.15) is 20.3 Å². The first kappa shape index (κ1) is 17.1. The van der Waals surface area contributed by atoms with E-state index in [-0.39, 0.29) is 19.6 Å². The molecule has 124 valence electrons. The molecule has 4 atom stereocenters. The highest BCUT2D eigenvalue weighted by molar-refractivity contribution is 7.57. The highest BCUT2D eigenvalue weighted by atomic mass is 31.2. The normalized spacial score (nSPS) is 35.4. The number of carboxylic acid groups (broad SMARTS) is 2. The summed E-state index contributed by atoms with van der Waals surface area (Å²) in [5, 5.41) is 18.5. The van der Waals surface area contributed by atoms with Crippen molar-refractivity contribution >= 4 is 19.5 Å². The van der Waals surface area contributed by atoms with Crippen molar-refractivity contribution in [1.29, 1.82) is 0 Å². The summed E-state index contributed by atoms with van der Waals surface area (Å²) in [6, 6.07) is 0. The molecule has 2 aliphatic rings. The average molecular weight is 333 g/mol. The lowest BCUT2D eigenvalue weighted by atomic mass is 9.94. The Morgan fingerprint density at radius 3 is 2.27 bits per heavy atom. The molecule has 8 nitrogen and oxygen atoms in total. The molecule has 0 aliphatic heterocycles. The van der Waals surface area contributed by atoms with Gasteiger partial charge in [-0.1, -0.05) is 5.57 Å². The van der Waals surface area contributed by atoms with Crippen molar-refractivity contribution in [3.63, 3.8) is 0 Å². The molecule has 0 aromatic rings. The molecule has 2 rings (SSSR count). The lowest BCUT2D eigenvalue weighted by Crippen LogP contribution is -2.39. The van der Waals surface area contributed by atoms with Crippen molar-refractivity contribution < 1.29 is 33.4 Å². The van der Waals surface area contributed by atoms with Crippen molar-refractivity contribution in [2.45, 2.75) is 25.8 Å². The maximum Gasteiger partial charge on any atom is 0.354 e. The number of hydrogen-bond acceptors (Lipinski definition) is 6. The molecule has 2 fully saturated rings. The van der Waals surface area contributed by atoms with Crippen LogP contribution in [0.4, 0.5) is 0 Å². The second-order valence-corrected chi connectivity index (χ2v) is 7.32. The molecule has 9 heteroatoms. The van der Waals surface area contributed by atoms with Gasteiger partial charge in [-0.15, -0.1) is 0 Å². The minimum absolute atomic E-state index is 0.0599. The molecule has 4 unspecified atom stereocenters. The lowest BCUT2D eigenvalue weighted by Gasteiger charge is -2.17. The summed E-state index contributed by atoms with van der Waals surface area (Å²) in [6.07, 6.45) is 0.0599. The molecule has 0 aromatic heterocycles. The van der Waals surface area contributed by atoms with Gasteiger partial charge in [-0.25, -0.2) is 0 Å². The van der Waals surface area contributed by atoms with Gasteiger partial charge in [0.2, 0.25) is 0 Å². The third kappa shape index (κ3) is 2.60. The predicted molar refractivity (Wildman–Crippen MR) is 76.2 cm³/mol. The molecule has 2 saturated carbocycles. The van der Waals surface area contributed by atoms with Gasteiger partial charge in [0.15, 0.2) is 0 Å². The van der Waals surface area contributed by atoms with Crippen LogP contribution in [0.5, 0.6) is 0 Å². The summed E-state index contributed by atoms with van der Waals surface area (Å²) >= 11 is 0.